The quantitative estimate of drug-likeness (QED) is 0.821. The van der Waals surface area contributed by atoms with Crippen LogP contribution in [0.15, 0.2) is 35.4 Å². The van der Waals surface area contributed by atoms with Gasteiger partial charge in [-0.15, -0.1) is 0 Å². The first-order valence-electron chi connectivity index (χ1n) is 5.33. The molecule has 1 aliphatic carbocycles. The SMILES string of the molecule is O=C1C=CC(=Nc2c(C(=O)O)cc(O)c(Cl)c2Cl)C=C1. The van der Waals surface area contributed by atoms with Crippen molar-refractivity contribution in [3.8, 4) is 5.75 Å². The number of carbonyl (C=O) groups is 2. The number of carboxylic acids is 1. The lowest BCUT2D eigenvalue weighted by Gasteiger charge is -2.08. The third-order valence-electron chi connectivity index (χ3n) is 2.47. The zero-order valence-corrected chi connectivity index (χ0v) is 11.3. The highest BCUT2D eigenvalue weighted by Gasteiger charge is 2.19. The highest BCUT2D eigenvalue weighted by atomic mass is 35.5. The van der Waals surface area contributed by atoms with Crippen LogP contribution in [-0.2, 0) is 4.79 Å². The van der Waals surface area contributed by atoms with E-state index in [1.807, 2.05) is 0 Å². The average molecular weight is 312 g/mol. The summed E-state index contributed by atoms with van der Waals surface area (Å²) in [6.07, 6.45) is 5.42. The van der Waals surface area contributed by atoms with Gasteiger partial charge in [0.15, 0.2) is 5.78 Å². The van der Waals surface area contributed by atoms with Crippen LogP contribution in [-0.4, -0.2) is 27.7 Å². The van der Waals surface area contributed by atoms with Crippen LogP contribution in [0.5, 0.6) is 5.75 Å². The lowest BCUT2D eigenvalue weighted by atomic mass is 10.1. The number of carboxylic acid groups (broad SMARTS) is 1. The monoisotopic (exact) mass is 311 g/mol. The van der Waals surface area contributed by atoms with Gasteiger partial charge in [-0.2, -0.15) is 0 Å². The first kappa shape index (κ1) is 14.3. The molecule has 0 amide bonds. The summed E-state index contributed by atoms with van der Waals surface area (Å²) >= 11 is 11.7. The molecule has 1 aromatic carbocycles. The van der Waals surface area contributed by atoms with E-state index in [1.165, 1.54) is 24.3 Å². The highest BCUT2D eigenvalue weighted by Crippen LogP contribution is 2.41. The summed E-state index contributed by atoms with van der Waals surface area (Å²) in [6.45, 7) is 0. The summed E-state index contributed by atoms with van der Waals surface area (Å²) in [6, 6.07) is 0.970. The molecule has 0 saturated carbocycles. The van der Waals surface area contributed by atoms with Crippen molar-refractivity contribution >= 4 is 46.4 Å². The normalized spacial score (nSPS) is 13.7. The number of rotatable bonds is 2. The van der Waals surface area contributed by atoms with E-state index in [1.54, 1.807) is 0 Å². The van der Waals surface area contributed by atoms with Gasteiger partial charge in [0, 0.05) is 0 Å². The van der Waals surface area contributed by atoms with Crippen LogP contribution in [0.2, 0.25) is 10.0 Å². The number of nitrogens with zero attached hydrogens (tertiary/aromatic N) is 1. The summed E-state index contributed by atoms with van der Waals surface area (Å²) in [5.41, 5.74) is -0.0283. The van der Waals surface area contributed by atoms with Gasteiger partial charge in [0.1, 0.15) is 10.8 Å². The molecule has 0 aliphatic heterocycles. The Morgan fingerprint density at radius 1 is 1.10 bits per heavy atom. The lowest BCUT2D eigenvalue weighted by Crippen LogP contribution is -2.01. The molecule has 20 heavy (non-hydrogen) atoms. The number of phenols is 1. The number of phenolic OH excluding ortho intramolecular Hbond substituents is 1. The van der Waals surface area contributed by atoms with Crippen molar-refractivity contribution < 1.29 is 19.8 Å². The van der Waals surface area contributed by atoms with Crippen molar-refractivity contribution in [3.63, 3.8) is 0 Å². The zero-order valence-electron chi connectivity index (χ0n) is 9.80. The van der Waals surface area contributed by atoms with Crippen LogP contribution in [0.4, 0.5) is 5.69 Å². The minimum Gasteiger partial charge on any atom is -0.506 e. The molecule has 2 N–H and O–H groups in total. The largest absolute Gasteiger partial charge is 0.506 e. The van der Waals surface area contributed by atoms with Crippen LogP contribution in [0.25, 0.3) is 0 Å². The van der Waals surface area contributed by atoms with Gasteiger partial charge in [0.25, 0.3) is 0 Å². The van der Waals surface area contributed by atoms with Gasteiger partial charge in [-0.05, 0) is 30.4 Å². The molecule has 1 aromatic rings. The summed E-state index contributed by atoms with van der Waals surface area (Å²) in [5, 5.41) is 18.2. The predicted octanol–water partition coefficient (Wildman–Crippen LogP) is 3.16. The third kappa shape index (κ3) is 2.74. The molecular weight excluding hydrogens is 305 g/mol. The second-order valence-electron chi connectivity index (χ2n) is 3.83. The maximum Gasteiger partial charge on any atom is 0.338 e. The van der Waals surface area contributed by atoms with Crippen LogP contribution >= 0.6 is 23.2 Å². The van der Waals surface area contributed by atoms with Crippen LogP contribution in [0.1, 0.15) is 10.4 Å². The minimum atomic E-state index is -1.31. The molecule has 102 valence electrons. The lowest BCUT2D eigenvalue weighted by molar-refractivity contribution is -0.110. The van der Waals surface area contributed by atoms with Crippen molar-refractivity contribution in [2.45, 2.75) is 0 Å². The Kier molecular flexibility index (Phi) is 3.92. The van der Waals surface area contributed by atoms with E-state index in [0.717, 1.165) is 6.07 Å². The molecule has 2 rings (SSSR count). The number of hydrogen-bond donors (Lipinski definition) is 2. The van der Waals surface area contributed by atoms with Gasteiger partial charge < -0.3 is 10.2 Å². The average Bonchev–Trinajstić information content (AvgIpc) is 2.41. The number of allylic oxidation sites excluding steroid dienone is 4. The number of benzene rings is 1. The number of halogens is 2. The fourth-order valence-electron chi connectivity index (χ4n) is 1.53. The number of hydrogen-bond acceptors (Lipinski definition) is 4. The van der Waals surface area contributed by atoms with Gasteiger partial charge in [-0.25, -0.2) is 9.79 Å². The second-order valence-corrected chi connectivity index (χ2v) is 4.59. The molecule has 5 nitrogen and oxygen atoms in total. The van der Waals surface area contributed by atoms with Gasteiger partial charge in [-0.3, -0.25) is 4.79 Å². The van der Waals surface area contributed by atoms with E-state index in [0.29, 0.717) is 5.71 Å². The Bertz CT molecular complexity index is 687. The summed E-state index contributed by atoms with van der Waals surface area (Å²) in [4.78, 5) is 26.2. The van der Waals surface area contributed by atoms with Crippen molar-refractivity contribution in [2.24, 2.45) is 4.99 Å². The Hall–Kier alpha value is -2.11. The third-order valence-corrected chi connectivity index (χ3v) is 3.32. The summed E-state index contributed by atoms with van der Waals surface area (Å²) in [7, 11) is 0. The molecule has 1 aliphatic rings. The maximum absolute atomic E-state index is 11.2. The molecule has 0 unspecified atom stereocenters. The van der Waals surface area contributed by atoms with E-state index in [2.05, 4.69) is 4.99 Å². The van der Waals surface area contributed by atoms with Crippen LogP contribution in [0, 0.1) is 0 Å². The van der Waals surface area contributed by atoms with Gasteiger partial charge in [0.05, 0.1) is 22.0 Å². The van der Waals surface area contributed by atoms with Crippen molar-refractivity contribution in [1.82, 2.24) is 0 Å². The summed E-state index contributed by atoms with van der Waals surface area (Å²) < 4.78 is 0. The molecule has 0 spiro atoms. The molecule has 7 heteroatoms. The summed E-state index contributed by atoms with van der Waals surface area (Å²) in [5.74, 6) is -1.95. The van der Waals surface area contributed by atoms with E-state index in [9.17, 15) is 14.7 Å². The zero-order chi connectivity index (χ0) is 14.9. The van der Waals surface area contributed by atoms with Crippen molar-refractivity contribution in [3.05, 3.63) is 46.0 Å². The molecule has 0 fully saturated rings. The fourth-order valence-corrected chi connectivity index (χ4v) is 1.91. The van der Waals surface area contributed by atoms with E-state index in [4.69, 9.17) is 28.3 Å². The van der Waals surface area contributed by atoms with Gasteiger partial charge in [0.2, 0.25) is 0 Å². The van der Waals surface area contributed by atoms with Gasteiger partial charge in [-0.1, -0.05) is 23.2 Å². The first-order chi connectivity index (χ1) is 9.40. The topological polar surface area (TPSA) is 87.0 Å². The smallest absolute Gasteiger partial charge is 0.338 e. The standard InChI is InChI=1S/C13H7Cl2NO4/c14-10-9(18)5-8(13(19)20)12(11(10)15)16-6-1-3-7(17)4-2-6/h1-5,18H,(H,19,20). The predicted molar refractivity (Wildman–Crippen MR) is 75.5 cm³/mol. The van der Waals surface area contributed by atoms with Crippen molar-refractivity contribution in [1.29, 1.82) is 0 Å². The van der Waals surface area contributed by atoms with Crippen molar-refractivity contribution in [2.75, 3.05) is 0 Å². The van der Waals surface area contributed by atoms with Crippen LogP contribution < -0.4 is 0 Å². The number of carbonyl (C=O) groups excluding carboxylic acids is 1. The van der Waals surface area contributed by atoms with Gasteiger partial charge >= 0.3 is 5.97 Å². The number of aromatic carboxylic acids is 1. The Morgan fingerprint density at radius 2 is 1.70 bits per heavy atom. The molecule has 0 aromatic heterocycles. The molecule has 0 atom stereocenters. The molecule has 0 bridgehead atoms. The van der Waals surface area contributed by atoms with E-state index < -0.39 is 11.7 Å². The second kappa shape index (κ2) is 5.48. The number of aromatic hydroxyl groups is 1. The fraction of sp³-hybridized carbons (Fsp3) is 0. The van der Waals surface area contributed by atoms with E-state index in [-0.39, 0.29) is 27.1 Å². The Balaban J connectivity index is 2.62. The number of aliphatic imine (C=N–C) groups is 1. The molecule has 0 heterocycles. The molecule has 0 radical (unpaired) electrons. The first-order valence-corrected chi connectivity index (χ1v) is 6.09. The minimum absolute atomic E-state index is 0.0828. The number of ketones is 1. The molecular formula is C13H7Cl2NO4. The van der Waals surface area contributed by atoms with E-state index >= 15 is 0 Å². The maximum atomic E-state index is 11.2. The Morgan fingerprint density at radius 3 is 2.25 bits per heavy atom. The highest BCUT2D eigenvalue weighted by molar-refractivity contribution is 6.45. The van der Waals surface area contributed by atoms with Crippen LogP contribution in [0.3, 0.4) is 0 Å². The molecule has 0 saturated heterocycles. The Labute approximate surface area is 123 Å².